The summed E-state index contributed by atoms with van der Waals surface area (Å²) in [5.41, 5.74) is 5.13. The van der Waals surface area contributed by atoms with Gasteiger partial charge in [-0.15, -0.1) is 0 Å². The molecular weight excluding hydrogens is 541 g/mol. The van der Waals surface area contributed by atoms with Crippen LogP contribution in [0, 0.1) is 23.1 Å². The molecule has 11 nitrogen and oxygen atoms in total. The van der Waals surface area contributed by atoms with E-state index in [1.165, 1.54) is 0 Å². The minimum absolute atomic E-state index is 0.0560. The Morgan fingerprint density at radius 2 is 1.98 bits per heavy atom. The molecular formula is C27H43ClFN7O4. The highest BCUT2D eigenvalue weighted by Gasteiger charge is 2.42. The van der Waals surface area contributed by atoms with Crippen molar-refractivity contribution in [3.05, 3.63) is 11.1 Å². The fourth-order valence-electron chi connectivity index (χ4n) is 6.25. The maximum atomic E-state index is 15.6. The first-order chi connectivity index (χ1) is 19.1. The number of likely N-dealkylation sites (N-methyl/N-ethyl adjacent to an activating group) is 1. The number of ether oxygens (including phenoxy) is 1. The number of carbonyl (C=O) groups excluding carboxylic acids is 2. The van der Waals surface area contributed by atoms with Crippen LogP contribution in [0.25, 0.3) is 0 Å². The van der Waals surface area contributed by atoms with Crippen LogP contribution in [0.4, 0.5) is 16.0 Å². The van der Waals surface area contributed by atoms with Crippen molar-refractivity contribution in [1.29, 1.82) is 0 Å². The summed E-state index contributed by atoms with van der Waals surface area (Å²) in [6.07, 6.45) is 7.55. The predicted molar refractivity (Wildman–Crippen MR) is 150 cm³/mol. The van der Waals surface area contributed by atoms with E-state index in [1.807, 2.05) is 19.0 Å². The normalized spacial score (nSPS) is 23.8. The zero-order chi connectivity index (χ0) is 28.9. The molecule has 40 heavy (non-hydrogen) atoms. The molecule has 2 aliphatic heterocycles. The van der Waals surface area contributed by atoms with Gasteiger partial charge in [0.2, 0.25) is 23.4 Å². The van der Waals surface area contributed by atoms with Crippen molar-refractivity contribution in [2.24, 2.45) is 17.3 Å². The van der Waals surface area contributed by atoms with Gasteiger partial charge in [0.05, 0.1) is 12.5 Å². The van der Waals surface area contributed by atoms with E-state index in [0.29, 0.717) is 44.9 Å². The third-order valence-electron chi connectivity index (χ3n) is 8.30. The first kappa shape index (κ1) is 30.7. The molecule has 2 unspecified atom stereocenters. The maximum Gasteiger partial charge on any atom is 0.243 e. The molecule has 3 heterocycles. The monoisotopic (exact) mass is 583 g/mol. The molecule has 2 amide bonds. The number of halogens is 2. The van der Waals surface area contributed by atoms with Crippen molar-refractivity contribution in [1.82, 2.24) is 25.4 Å². The smallest absolute Gasteiger partial charge is 0.243 e. The predicted octanol–water partition coefficient (Wildman–Crippen LogP) is 3.60. The Morgan fingerprint density at radius 3 is 2.60 bits per heavy atom. The number of rotatable bonds is 12. The molecule has 224 valence electrons. The summed E-state index contributed by atoms with van der Waals surface area (Å²) in [7, 11) is 4.01. The Morgan fingerprint density at radius 1 is 1.25 bits per heavy atom. The highest BCUT2D eigenvalue weighted by molar-refractivity contribution is 6.28. The number of hydrogen-bond acceptors (Lipinski definition) is 9. The number of carbonyl (C=O) groups is 2. The first-order valence-electron chi connectivity index (χ1n) is 14.3. The minimum atomic E-state index is -0.695. The lowest BCUT2D eigenvalue weighted by Crippen LogP contribution is -2.43. The van der Waals surface area contributed by atoms with Crippen LogP contribution in [0.5, 0.6) is 0 Å². The van der Waals surface area contributed by atoms with Gasteiger partial charge in [0, 0.05) is 32.2 Å². The Labute approximate surface area is 241 Å². The van der Waals surface area contributed by atoms with Crippen molar-refractivity contribution >= 4 is 35.6 Å². The van der Waals surface area contributed by atoms with Gasteiger partial charge in [-0.05, 0) is 56.3 Å². The average molecular weight is 584 g/mol. The van der Waals surface area contributed by atoms with Crippen LogP contribution >= 0.6 is 11.6 Å². The van der Waals surface area contributed by atoms with Crippen LogP contribution in [-0.4, -0.2) is 84.9 Å². The third-order valence-corrected chi connectivity index (χ3v) is 8.47. The quantitative estimate of drug-likeness (QED) is 0.216. The minimum Gasteiger partial charge on any atom is -0.352 e. The standard InChI is InChI=1S/C27H43ClFN7O4/c1-27(2)16-35(15-20(27)34(3)4)24-22(29)23(30-26(28)31-24)32-33-25(38)19(13-18-9-5-6-10-18)14-36(17-37)40-21-11-7-8-12-39-21/h17-21H,5-16H2,1-4H3,(H,33,38)(H,30,31,32)/t19-,20?,21?/m1/s1. The molecule has 1 aliphatic carbocycles. The summed E-state index contributed by atoms with van der Waals surface area (Å²) < 4.78 is 21.2. The van der Waals surface area contributed by atoms with E-state index in [0.717, 1.165) is 43.6 Å². The lowest BCUT2D eigenvalue weighted by atomic mass is 9.87. The van der Waals surface area contributed by atoms with Gasteiger partial charge < -0.3 is 14.5 Å². The summed E-state index contributed by atoms with van der Waals surface area (Å²) >= 11 is 6.19. The lowest BCUT2D eigenvalue weighted by Gasteiger charge is -2.30. The van der Waals surface area contributed by atoms with Gasteiger partial charge in [0.25, 0.3) is 0 Å². The number of anilines is 2. The van der Waals surface area contributed by atoms with Gasteiger partial charge in [-0.25, -0.2) is 9.90 Å². The highest BCUT2D eigenvalue weighted by Crippen LogP contribution is 2.37. The third kappa shape index (κ3) is 7.71. The zero-order valence-corrected chi connectivity index (χ0v) is 24.8. The number of amides is 2. The molecule has 13 heteroatoms. The fourth-order valence-corrected chi connectivity index (χ4v) is 6.42. The lowest BCUT2D eigenvalue weighted by molar-refractivity contribution is -0.276. The van der Waals surface area contributed by atoms with Crippen LogP contribution in [0.15, 0.2) is 0 Å². The maximum absolute atomic E-state index is 15.6. The van der Waals surface area contributed by atoms with E-state index in [-0.39, 0.29) is 34.9 Å². The molecule has 0 aromatic carbocycles. The summed E-state index contributed by atoms with van der Waals surface area (Å²) in [6.45, 7) is 6.06. The molecule has 0 radical (unpaired) electrons. The molecule has 3 aliphatic rings. The number of hydrogen-bond donors (Lipinski definition) is 2. The SMILES string of the molecule is CN(C)C1CN(c2nc(Cl)nc(NNC(=O)[C@H](CC3CCCC3)CN(C=O)OC3CCCCO3)c2F)CC1(C)C. The first-order valence-corrected chi connectivity index (χ1v) is 14.7. The average Bonchev–Trinajstić information content (AvgIpc) is 3.55. The van der Waals surface area contributed by atoms with E-state index in [4.69, 9.17) is 21.2 Å². The van der Waals surface area contributed by atoms with Crippen molar-refractivity contribution < 1.29 is 23.6 Å². The second-order valence-electron chi connectivity index (χ2n) is 12.1. The topological polar surface area (TPSA) is 112 Å². The number of aromatic nitrogens is 2. The molecule has 0 bridgehead atoms. The summed E-state index contributed by atoms with van der Waals surface area (Å²) in [4.78, 5) is 43.1. The zero-order valence-electron chi connectivity index (χ0n) is 24.0. The molecule has 1 aromatic rings. The molecule has 1 saturated carbocycles. The summed E-state index contributed by atoms with van der Waals surface area (Å²) in [6, 6.07) is 0.190. The Bertz CT molecular complexity index is 1020. The number of hydrazine groups is 1. The van der Waals surface area contributed by atoms with E-state index in [9.17, 15) is 9.59 Å². The number of hydroxylamine groups is 2. The van der Waals surface area contributed by atoms with Crippen LogP contribution in [0.3, 0.4) is 0 Å². The van der Waals surface area contributed by atoms with Crippen molar-refractivity contribution in [2.45, 2.75) is 77.5 Å². The number of nitrogens with zero attached hydrogens (tertiary/aromatic N) is 5. The molecule has 2 saturated heterocycles. The van der Waals surface area contributed by atoms with Crippen molar-refractivity contribution in [3.8, 4) is 0 Å². The molecule has 3 fully saturated rings. The van der Waals surface area contributed by atoms with Gasteiger partial charge in [0.1, 0.15) is 0 Å². The van der Waals surface area contributed by atoms with Gasteiger partial charge in [-0.2, -0.15) is 14.4 Å². The summed E-state index contributed by atoms with van der Waals surface area (Å²) in [5.74, 6) is -1.42. The highest BCUT2D eigenvalue weighted by atomic mass is 35.5. The molecule has 2 N–H and O–H groups in total. The second kappa shape index (κ2) is 13.6. The van der Waals surface area contributed by atoms with Crippen molar-refractivity contribution in [3.63, 3.8) is 0 Å². The molecule has 4 rings (SSSR count). The van der Waals surface area contributed by atoms with Crippen molar-refractivity contribution in [2.75, 3.05) is 50.7 Å². The Kier molecular flexibility index (Phi) is 10.4. The van der Waals surface area contributed by atoms with E-state index < -0.39 is 23.9 Å². The van der Waals surface area contributed by atoms with E-state index >= 15 is 4.39 Å². The summed E-state index contributed by atoms with van der Waals surface area (Å²) in [5, 5.41) is 1.01. The fraction of sp³-hybridized carbons (Fsp3) is 0.778. The van der Waals surface area contributed by atoms with Gasteiger partial charge >= 0.3 is 0 Å². The Balaban J connectivity index is 1.44. The number of nitrogens with one attached hydrogen (secondary N) is 2. The van der Waals surface area contributed by atoms with Crippen LogP contribution in [-0.2, 0) is 19.2 Å². The molecule has 1 aromatic heterocycles. The molecule has 0 spiro atoms. The van der Waals surface area contributed by atoms with Gasteiger partial charge in [-0.1, -0.05) is 39.5 Å². The van der Waals surface area contributed by atoms with E-state index in [2.05, 4.69) is 39.6 Å². The van der Waals surface area contributed by atoms with E-state index in [1.54, 1.807) is 0 Å². The van der Waals surface area contributed by atoms with Gasteiger partial charge in [-0.3, -0.25) is 20.4 Å². The van der Waals surface area contributed by atoms with Crippen LogP contribution in [0.2, 0.25) is 5.28 Å². The van der Waals surface area contributed by atoms with Gasteiger partial charge in [0.15, 0.2) is 17.9 Å². The largest absolute Gasteiger partial charge is 0.352 e. The van der Waals surface area contributed by atoms with Crippen LogP contribution in [0.1, 0.15) is 65.2 Å². The molecule has 3 atom stereocenters. The second-order valence-corrected chi connectivity index (χ2v) is 12.5. The van der Waals surface area contributed by atoms with Crippen LogP contribution < -0.4 is 15.8 Å². The Hall–Kier alpha value is -2.28.